The lowest BCUT2D eigenvalue weighted by Crippen LogP contribution is -2.59. The summed E-state index contributed by atoms with van der Waals surface area (Å²) in [7, 11) is 3.03. The van der Waals surface area contributed by atoms with E-state index in [4.69, 9.17) is 21.1 Å². The van der Waals surface area contributed by atoms with Crippen LogP contribution in [-0.4, -0.2) is 41.9 Å². The van der Waals surface area contributed by atoms with E-state index in [1.165, 1.54) is 25.3 Å². The number of nitrogens with zero attached hydrogens (tertiary/aromatic N) is 1. The lowest BCUT2D eigenvalue weighted by Gasteiger charge is -2.43. The van der Waals surface area contributed by atoms with Crippen molar-refractivity contribution in [2.24, 2.45) is 7.05 Å². The third-order valence-corrected chi connectivity index (χ3v) is 6.05. The molecule has 2 aromatic carbocycles. The van der Waals surface area contributed by atoms with E-state index in [9.17, 15) is 19.1 Å². The van der Waals surface area contributed by atoms with Crippen LogP contribution in [0.3, 0.4) is 0 Å². The van der Waals surface area contributed by atoms with E-state index in [1.54, 1.807) is 30.7 Å². The Morgan fingerprint density at radius 3 is 2.55 bits per heavy atom. The molecule has 7 nitrogen and oxygen atoms in total. The average molecular weight is 447 g/mol. The smallest absolute Gasteiger partial charge is 0.335 e. The minimum absolute atomic E-state index is 0.0105. The first-order chi connectivity index (χ1) is 14.7. The van der Waals surface area contributed by atoms with Crippen LogP contribution >= 0.6 is 11.6 Å². The van der Waals surface area contributed by atoms with Crippen molar-refractivity contribution in [2.45, 2.75) is 12.5 Å². The van der Waals surface area contributed by atoms with Gasteiger partial charge in [-0.15, -0.1) is 0 Å². The second-order valence-corrected chi connectivity index (χ2v) is 7.97. The van der Waals surface area contributed by atoms with Crippen molar-refractivity contribution < 1.29 is 28.6 Å². The molecule has 0 saturated carbocycles. The van der Waals surface area contributed by atoms with E-state index in [0.717, 1.165) is 11.1 Å². The number of carbonyl (C=O) groups excluding carboxylic acids is 1. The molecule has 0 radical (unpaired) electrons. The molecule has 0 atom stereocenters. The summed E-state index contributed by atoms with van der Waals surface area (Å²) in [6, 6.07) is 7.78. The molecule has 0 bridgehead atoms. The van der Waals surface area contributed by atoms with E-state index in [0.29, 0.717) is 10.9 Å². The highest BCUT2D eigenvalue weighted by Crippen LogP contribution is 2.36. The van der Waals surface area contributed by atoms with Gasteiger partial charge in [-0.1, -0.05) is 17.7 Å². The molecule has 31 heavy (non-hydrogen) atoms. The number of hydrogen-bond donors (Lipinski definition) is 2. The first-order valence-corrected chi connectivity index (χ1v) is 9.82. The largest absolute Gasteiger partial charge is 0.494 e. The monoisotopic (exact) mass is 446 g/mol. The highest BCUT2D eigenvalue weighted by Gasteiger charge is 2.43. The molecule has 2 N–H and O–H groups in total. The molecule has 162 valence electrons. The first-order valence-electron chi connectivity index (χ1n) is 9.44. The van der Waals surface area contributed by atoms with Gasteiger partial charge in [0.25, 0.3) is 5.91 Å². The molecule has 1 saturated heterocycles. The quantitative estimate of drug-likeness (QED) is 0.624. The van der Waals surface area contributed by atoms with E-state index in [-0.39, 0.29) is 41.2 Å². The molecule has 2 heterocycles. The number of hydrogen-bond acceptors (Lipinski definition) is 4. The fraction of sp³-hybridized carbons (Fsp3) is 0.273. The van der Waals surface area contributed by atoms with Crippen LogP contribution in [0.1, 0.15) is 32.0 Å². The number of carbonyl (C=O) groups is 2. The Morgan fingerprint density at radius 1 is 1.29 bits per heavy atom. The summed E-state index contributed by atoms with van der Waals surface area (Å²) in [6.45, 7) is 2.29. The number of carboxylic acid groups (broad SMARTS) is 1. The van der Waals surface area contributed by atoms with Crippen LogP contribution in [0.5, 0.6) is 5.75 Å². The summed E-state index contributed by atoms with van der Waals surface area (Å²) in [4.78, 5) is 24.4. The highest BCUT2D eigenvalue weighted by atomic mass is 35.5. The van der Waals surface area contributed by atoms with Gasteiger partial charge in [-0.3, -0.25) is 4.79 Å². The van der Waals surface area contributed by atoms with Gasteiger partial charge in [-0.25, -0.2) is 9.18 Å². The van der Waals surface area contributed by atoms with Crippen molar-refractivity contribution in [1.29, 1.82) is 0 Å². The maximum Gasteiger partial charge on any atom is 0.335 e. The van der Waals surface area contributed by atoms with Crippen molar-refractivity contribution in [3.63, 3.8) is 0 Å². The minimum Gasteiger partial charge on any atom is -0.494 e. The maximum absolute atomic E-state index is 14.3. The van der Waals surface area contributed by atoms with Crippen LogP contribution in [0.25, 0.3) is 10.9 Å². The van der Waals surface area contributed by atoms with Crippen molar-refractivity contribution in [3.8, 4) is 5.75 Å². The molecule has 0 aliphatic carbocycles. The third-order valence-electron chi connectivity index (χ3n) is 5.68. The summed E-state index contributed by atoms with van der Waals surface area (Å²) >= 11 is 6.16. The molecule has 0 spiro atoms. The highest BCUT2D eigenvalue weighted by molar-refractivity contribution is 6.36. The fourth-order valence-electron chi connectivity index (χ4n) is 3.96. The van der Waals surface area contributed by atoms with Crippen LogP contribution in [0.2, 0.25) is 5.02 Å². The lowest BCUT2D eigenvalue weighted by atomic mass is 9.84. The number of halogens is 2. The van der Waals surface area contributed by atoms with Gasteiger partial charge in [-0.05, 0) is 36.2 Å². The van der Waals surface area contributed by atoms with Gasteiger partial charge in [0.1, 0.15) is 11.2 Å². The summed E-state index contributed by atoms with van der Waals surface area (Å²) < 4.78 is 26.4. The molecular formula is C22H20ClFN2O5. The minimum atomic E-state index is -1.02. The van der Waals surface area contributed by atoms with E-state index >= 15 is 0 Å². The molecule has 0 unspecified atom stereocenters. The number of rotatable bonds is 5. The molecule has 1 aliphatic heterocycles. The molecule has 9 heteroatoms. The molecule has 1 fully saturated rings. The third kappa shape index (κ3) is 3.32. The number of aryl methyl sites for hydroxylation is 2. The molecule has 1 aromatic heterocycles. The Balaban J connectivity index is 1.72. The second kappa shape index (κ2) is 7.55. The van der Waals surface area contributed by atoms with Crippen molar-refractivity contribution >= 4 is 34.4 Å². The zero-order valence-corrected chi connectivity index (χ0v) is 17.8. The number of ether oxygens (including phenoxy) is 2. The maximum atomic E-state index is 14.3. The summed E-state index contributed by atoms with van der Waals surface area (Å²) in [5, 5.41) is 12.5. The normalized spacial score (nSPS) is 14.9. The van der Waals surface area contributed by atoms with Gasteiger partial charge < -0.3 is 24.5 Å². The number of nitrogens with one attached hydrogen (secondary N) is 1. The first kappa shape index (κ1) is 21.1. The number of aromatic nitrogens is 1. The number of amides is 1. The van der Waals surface area contributed by atoms with Crippen molar-refractivity contribution in [2.75, 3.05) is 20.3 Å². The Labute approximate surface area is 182 Å². The topological polar surface area (TPSA) is 89.8 Å². The fourth-order valence-corrected chi connectivity index (χ4v) is 4.21. The average Bonchev–Trinajstić information content (AvgIpc) is 3.04. The Morgan fingerprint density at radius 2 is 2.00 bits per heavy atom. The lowest BCUT2D eigenvalue weighted by molar-refractivity contribution is -0.0737. The van der Waals surface area contributed by atoms with Gasteiger partial charge in [0.2, 0.25) is 0 Å². The standard InChI is InChI=1S/C22H20ClFN2O5/c1-11-6-12(21(28)29)4-5-14(11)22(9-31-10-22)25-20(27)16-7-13-15(26(16)2)8-17(30-3)19(24)18(13)23/h4-8H,9-10H2,1-3H3,(H,25,27)(H,28,29). The van der Waals surface area contributed by atoms with Crippen LogP contribution < -0.4 is 10.1 Å². The van der Waals surface area contributed by atoms with E-state index in [2.05, 4.69) is 5.32 Å². The number of carboxylic acids is 1. The predicted octanol–water partition coefficient (Wildman–Crippen LogP) is 3.64. The molecular weight excluding hydrogens is 427 g/mol. The number of benzene rings is 2. The summed E-state index contributed by atoms with van der Waals surface area (Å²) in [5.41, 5.74) is 1.73. The van der Waals surface area contributed by atoms with Crippen molar-refractivity contribution in [1.82, 2.24) is 9.88 Å². The zero-order chi connectivity index (χ0) is 22.5. The van der Waals surface area contributed by atoms with Crippen LogP contribution in [0.4, 0.5) is 4.39 Å². The Bertz CT molecular complexity index is 1230. The number of aromatic carboxylic acids is 1. The van der Waals surface area contributed by atoms with Crippen LogP contribution in [0.15, 0.2) is 30.3 Å². The van der Waals surface area contributed by atoms with Gasteiger partial charge in [0.15, 0.2) is 11.6 Å². The second-order valence-electron chi connectivity index (χ2n) is 7.59. The molecule has 1 aliphatic rings. The van der Waals surface area contributed by atoms with E-state index < -0.39 is 17.3 Å². The van der Waals surface area contributed by atoms with Crippen molar-refractivity contribution in [3.05, 3.63) is 63.6 Å². The van der Waals surface area contributed by atoms with Gasteiger partial charge >= 0.3 is 5.97 Å². The molecule has 1 amide bonds. The van der Waals surface area contributed by atoms with Gasteiger partial charge in [-0.2, -0.15) is 0 Å². The number of methoxy groups -OCH3 is 1. The van der Waals surface area contributed by atoms with E-state index in [1.807, 2.05) is 0 Å². The zero-order valence-electron chi connectivity index (χ0n) is 17.1. The van der Waals surface area contributed by atoms with Gasteiger partial charge in [0.05, 0.1) is 36.4 Å². The molecule has 4 rings (SSSR count). The Kier molecular flexibility index (Phi) is 5.15. The summed E-state index contributed by atoms with van der Waals surface area (Å²) in [5.74, 6) is -2.11. The van der Waals surface area contributed by atoms with Crippen LogP contribution in [0, 0.1) is 12.7 Å². The molecule has 3 aromatic rings. The summed E-state index contributed by atoms with van der Waals surface area (Å²) in [6.07, 6.45) is 0. The Hall–Kier alpha value is -3.10. The number of fused-ring (bicyclic) bond motifs is 1. The predicted molar refractivity (Wildman–Crippen MR) is 113 cm³/mol. The SMILES string of the molecule is COc1cc2c(cc(C(=O)NC3(c4ccc(C(=O)O)cc4C)COC3)n2C)c(Cl)c1F. The van der Waals surface area contributed by atoms with Crippen LogP contribution in [-0.2, 0) is 17.3 Å². The van der Waals surface area contributed by atoms with Gasteiger partial charge in [0, 0.05) is 18.5 Å².